The molecule has 0 spiro atoms. The van der Waals surface area contributed by atoms with Gasteiger partial charge in [0.1, 0.15) is 5.75 Å². The molecule has 1 heterocycles. The Kier molecular flexibility index (Phi) is 5.26. The number of aryl methyl sites for hydroxylation is 1. The van der Waals surface area contributed by atoms with Gasteiger partial charge in [-0.1, -0.05) is 39.0 Å². The minimum absolute atomic E-state index is 0.124. The number of rotatable bonds is 5. The molecular weight excluding hydrogens is 338 g/mol. The van der Waals surface area contributed by atoms with Crippen molar-refractivity contribution in [3.8, 4) is 5.75 Å². The van der Waals surface area contributed by atoms with E-state index in [2.05, 4.69) is 58.7 Å². The van der Waals surface area contributed by atoms with Gasteiger partial charge in [-0.3, -0.25) is 0 Å². The van der Waals surface area contributed by atoms with E-state index in [-0.39, 0.29) is 5.41 Å². The zero-order valence-corrected chi connectivity index (χ0v) is 16.4. The second-order valence-electron chi connectivity index (χ2n) is 7.45. The predicted octanol–water partition coefficient (Wildman–Crippen LogP) is 4.97. The Labute approximate surface area is 160 Å². The molecule has 3 aromatic rings. The number of hydrogen-bond donors (Lipinski definition) is 2. The van der Waals surface area contributed by atoms with Crippen LogP contribution in [0.1, 0.15) is 31.9 Å². The molecule has 0 fully saturated rings. The van der Waals surface area contributed by atoms with Crippen molar-refractivity contribution in [2.75, 3.05) is 17.7 Å². The van der Waals surface area contributed by atoms with Crippen LogP contribution in [0.4, 0.5) is 23.1 Å². The van der Waals surface area contributed by atoms with Gasteiger partial charge in [-0.2, -0.15) is 10.1 Å². The molecule has 0 saturated heterocycles. The van der Waals surface area contributed by atoms with E-state index in [0.717, 1.165) is 22.7 Å². The second kappa shape index (κ2) is 7.61. The summed E-state index contributed by atoms with van der Waals surface area (Å²) >= 11 is 0. The molecular formula is C21H25N5O. The molecule has 2 aromatic carbocycles. The molecule has 0 aliphatic heterocycles. The van der Waals surface area contributed by atoms with Crippen LogP contribution in [0, 0.1) is 6.92 Å². The summed E-state index contributed by atoms with van der Waals surface area (Å²) in [4.78, 5) is 4.49. The zero-order valence-electron chi connectivity index (χ0n) is 16.4. The van der Waals surface area contributed by atoms with E-state index < -0.39 is 0 Å². The number of methoxy groups -OCH3 is 1. The Morgan fingerprint density at radius 2 is 1.70 bits per heavy atom. The summed E-state index contributed by atoms with van der Waals surface area (Å²) < 4.78 is 5.38. The third kappa shape index (κ3) is 4.73. The Balaban J connectivity index is 1.77. The quantitative estimate of drug-likeness (QED) is 0.666. The molecule has 0 aliphatic rings. The Bertz CT molecular complexity index is 917. The molecule has 0 bridgehead atoms. The monoisotopic (exact) mass is 363 g/mol. The van der Waals surface area contributed by atoms with Gasteiger partial charge in [0, 0.05) is 5.69 Å². The lowest BCUT2D eigenvalue weighted by Crippen LogP contribution is -2.10. The van der Waals surface area contributed by atoms with Crippen LogP contribution in [0.5, 0.6) is 5.75 Å². The number of nitrogens with zero attached hydrogens (tertiary/aromatic N) is 3. The minimum Gasteiger partial charge on any atom is -0.495 e. The first-order chi connectivity index (χ1) is 12.8. The van der Waals surface area contributed by atoms with E-state index in [0.29, 0.717) is 11.8 Å². The highest BCUT2D eigenvalue weighted by Gasteiger charge is 2.13. The van der Waals surface area contributed by atoms with Gasteiger partial charge in [0.25, 0.3) is 0 Å². The molecule has 2 N–H and O–H groups in total. The van der Waals surface area contributed by atoms with E-state index in [4.69, 9.17) is 4.74 Å². The second-order valence-corrected chi connectivity index (χ2v) is 7.45. The molecule has 6 heteroatoms. The number of hydrogen-bond acceptors (Lipinski definition) is 6. The fourth-order valence-electron chi connectivity index (χ4n) is 2.66. The largest absolute Gasteiger partial charge is 0.495 e. The van der Waals surface area contributed by atoms with Crippen molar-refractivity contribution in [2.24, 2.45) is 0 Å². The summed E-state index contributed by atoms with van der Waals surface area (Å²) in [6.45, 7) is 8.60. The third-order valence-corrected chi connectivity index (χ3v) is 4.18. The lowest BCUT2D eigenvalue weighted by molar-refractivity contribution is 0.416. The number of benzene rings is 2. The van der Waals surface area contributed by atoms with E-state index in [1.54, 1.807) is 13.3 Å². The summed E-state index contributed by atoms with van der Waals surface area (Å²) in [5.74, 6) is 1.73. The molecule has 27 heavy (non-hydrogen) atoms. The normalized spacial score (nSPS) is 11.1. The Hall–Kier alpha value is -3.15. The fourth-order valence-corrected chi connectivity index (χ4v) is 2.66. The summed E-state index contributed by atoms with van der Waals surface area (Å²) in [7, 11) is 1.63. The van der Waals surface area contributed by atoms with Crippen LogP contribution in [-0.4, -0.2) is 22.3 Å². The van der Waals surface area contributed by atoms with Crippen molar-refractivity contribution in [2.45, 2.75) is 33.1 Å². The van der Waals surface area contributed by atoms with E-state index >= 15 is 0 Å². The van der Waals surface area contributed by atoms with Gasteiger partial charge in [-0.15, -0.1) is 5.10 Å². The molecule has 3 rings (SSSR count). The molecule has 0 aliphatic carbocycles. The summed E-state index contributed by atoms with van der Waals surface area (Å²) in [6, 6.07) is 14.2. The van der Waals surface area contributed by atoms with Crippen molar-refractivity contribution in [3.63, 3.8) is 0 Å². The smallest absolute Gasteiger partial charge is 0.249 e. The maximum Gasteiger partial charge on any atom is 0.249 e. The van der Waals surface area contributed by atoms with Gasteiger partial charge < -0.3 is 15.4 Å². The van der Waals surface area contributed by atoms with Crippen LogP contribution in [0.15, 0.2) is 48.7 Å². The number of anilines is 4. The first kappa shape index (κ1) is 18.6. The van der Waals surface area contributed by atoms with E-state index in [1.807, 2.05) is 37.3 Å². The highest BCUT2D eigenvalue weighted by atomic mass is 16.5. The van der Waals surface area contributed by atoms with Crippen LogP contribution in [-0.2, 0) is 5.41 Å². The molecule has 0 atom stereocenters. The van der Waals surface area contributed by atoms with Crippen LogP contribution >= 0.6 is 0 Å². The van der Waals surface area contributed by atoms with Gasteiger partial charge in [-0.05, 0) is 47.7 Å². The van der Waals surface area contributed by atoms with Crippen LogP contribution in [0.2, 0.25) is 0 Å². The summed E-state index contributed by atoms with van der Waals surface area (Å²) in [5.41, 5.74) is 4.26. The Morgan fingerprint density at radius 1 is 0.963 bits per heavy atom. The van der Waals surface area contributed by atoms with Crippen molar-refractivity contribution in [3.05, 3.63) is 59.8 Å². The van der Waals surface area contributed by atoms with Gasteiger partial charge in [0.15, 0.2) is 5.82 Å². The van der Waals surface area contributed by atoms with Crippen molar-refractivity contribution >= 4 is 23.1 Å². The molecule has 1 aromatic heterocycles. The van der Waals surface area contributed by atoms with Crippen LogP contribution < -0.4 is 15.4 Å². The molecule has 0 radical (unpaired) electrons. The average Bonchev–Trinajstić information content (AvgIpc) is 2.62. The topological polar surface area (TPSA) is 72.0 Å². The van der Waals surface area contributed by atoms with Crippen molar-refractivity contribution in [1.82, 2.24) is 15.2 Å². The first-order valence-electron chi connectivity index (χ1n) is 8.84. The van der Waals surface area contributed by atoms with Gasteiger partial charge in [0.2, 0.25) is 5.95 Å². The highest BCUT2D eigenvalue weighted by molar-refractivity contribution is 5.64. The average molecular weight is 363 g/mol. The van der Waals surface area contributed by atoms with E-state index in [9.17, 15) is 0 Å². The SMILES string of the molecule is COc1ccc(C)cc1Nc1nncc(Nc2ccc(C(C)(C)C)cc2)n1. The first-order valence-corrected chi connectivity index (χ1v) is 8.84. The standard InChI is InChI=1S/C21H25N5O/c1-14-6-11-18(27-5)17(12-14)24-20-25-19(13-22-26-20)23-16-9-7-15(8-10-16)21(2,3)4/h6-13H,1-5H3,(H2,23,24,25,26). The zero-order chi connectivity index (χ0) is 19.4. The lowest BCUT2D eigenvalue weighted by Gasteiger charge is -2.19. The summed E-state index contributed by atoms with van der Waals surface area (Å²) in [6.07, 6.45) is 1.59. The maximum atomic E-state index is 5.38. The van der Waals surface area contributed by atoms with Crippen molar-refractivity contribution < 1.29 is 4.74 Å². The van der Waals surface area contributed by atoms with Gasteiger partial charge >= 0.3 is 0 Å². The number of ether oxygens (including phenoxy) is 1. The van der Waals surface area contributed by atoms with E-state index in [1.165, 1.54) is 5.56 Å². The number of nitrogens with one attached hydrogen (secondary N) is 2. The highest BCUT2D eigenvalue weighted by Crippen LogP contribution is 2.28. The summed E-state index contributed by atoms with van der Waals surface area (Å²) in [5, 5.41) is 14.5. The lowest BCUT2D eigenvalue weighted by atomic mass is 9.87. The molecule has 6 nitrogen and oxygen atoms in total. The van der Waals surface area contributed by atoms with Crippen LogP contribution in [0.3, 0.4) is 0 Å². The predicted molar refractivity (Wildman–Crippen MR) is 109 cm³/mol. The van der Waals surface area contributed by atoms with Gasteiger partial charge in [0.05, 0.1) is 19.0 Å². The molecule has 0 saturated carbocycles. The number of aromatic nitrogens is 3. The molecule has 0 amide bonds. The minimum atomic E-state index is 0.124. The van der Waals surface area contributed by atoms with Crippen LogP contribution in [0.25, 0.3) is 0 Å². The maximum absolute atomic E-state index is 5.38. The molecule has 0 unspecified atom stereocenters. The third-order valence-electron chi connectivity index (χ3n) is 4.18. The van der Waals surface area contributed by atoms with Crippen molar-refractivity contribution in [1.29, 1.82) is 0 Å². The van der Waals surface area contributed by atoms with Gasteiger partial charge in [-0.25, -0.2) is 0 Å². The molecule has 140 valence electrons. The Morgan fingerprint density at radius 3 is 2.37 bits per heavy atom. The fraction of sp³-hybridized carbons (Fsp3) is 0.286.